The number of hydrogen-bond acceptors (Lipinski definition) is 2. The third-order valence-electron chi connectivity index (χ3n) is 3.44. The maximum absolute atomic E-state index is 12.3. The zero-order chi connectivity index (χ0) is 14.7. The predicted octanol–water partition coefficient (Wildman–Crippen LogP) is 3.10. The Morgan fingerprint density at radius 2 is 2.10 bits per heavy atom. The van der Waals surface area contributed by atoms with Gasteiger partial charge in [-0.25, -0.2) is 9.59 Å². The first-order valence-corrected chi connectivity index (χ1v) is 6.95. The molecule has 0 radical (unpaired) electrons. The van der Waals surface area contributed by atoms with E-state index in [4.69, 9.17) is 0 Å². The monoisotopic (exact) mass is 276 g/mol. The van der Waals surface area contributed by atoms with Gasteiger partial charge in [0.1, 0.15) is 0 Å². The van der Waals surface area contributed by atoms with E-state index in [1.54, 1.807) is 30.0 Å². The molecule has 5 nitrogen and oxygen atoms in total. The Hall–Kier alpha value is -2.04. The Kier molecular flexibility index (Phi) is 4.27. The molecule has 2 N–H and O–H groups in total. The lowest BCUT2D eigenvalue weighted by atomic mass is 10.1. The smallest absolute Gasteiger partial charge is 0.338 e. The van der Waals surface area contributed by atoms with E-state index in [9.17, 15) is 14.7 Å². The number of urea groups is 1. The highest BCUT2D eigenvalue weighted by Crippen LogP contribution is 2.28. The highest BCUT2D eigenvalue weighted by molar-refractivity contribution is 6.01. The average Bonchev–Trinajstić information content (AvgIpc) is 3.19. The Balaban J connectivity index is 2.18. The third-order valence-corrected chi connectivity index (χ3v) is 3.44. The maximum Gasteiger partial charge on any atom is 0.338 e. The van der Waals surface area contributed by atoms with Crippen molar-refractivity contribution in [3.05, 3.63) is 29.3 Å². The number of carboxylic acid groups (broad SMARTS) is 1. The summed E-state index contributed by atoms with van der Waals surface area (Å²) in [6.45, 7) is 4.45. The Morgan fingerprint density at radius 1 is 1.40 bits per heavy atom. The van der Waals surface area contributed by atoms with Gasteiger partial charge in [0.25, 0.3) is 0 Å². The third kappa shape index (κ3) is 3.10. The molecule has 0 heterocycles. The molecule has 1 aromatic carbocycles. The van der Waals surface area contributed by atoms with E-state index >= 15 is 0 Å². The van der Waals surface area contributed by atoms with E-state index < -0.39 is 5.97 Å². The summed E-state index contributed by atoms with van der Waals surface area (Å²) >= 11 is 0. The number of benzene rings is 1. The molecule has 0 aromatic heterocycles. The van der Waals surface area contributed by atoms with Gasteiger partial charge in [-0.05, 0) is 37.8 Å². The lowest BCUT2D eigenvalue weighted by molar-refractivity contribution is 0.0697. The molecule has 1 aromatic rings. The summed E-state index contributed by atoms with van der Waals surface area (Å²) in [5, 5.41) is 12.0. The van der Waals surface area contributed by atoms with Gasteiger partial charge < -0.3 is 15.3 Å². The van der Waals surface area contributed by atoms with Crippen molar-refractivity contribution in [3.8, 4) is 0 Å². The zero-order valence-corrected chi connectivity index (χ0v) is 11.8. The predicted molar refractivity (Wildman–Crippen MR) is 77.2 cm³/mol. The molecule has 0 saturated heterocycles. The molecule has 1 aliphatic rings. The first-order valence-electron chi connectivity index (χ1n) is 6.95. The molecule has 1 saturated carbocycles. The van der Waals surface area contributed by atoms with Gasteiger partial charge in [0.05, 0.1) is 11.3 Å². The van der Waals surface area contributed by atoms with Crippen molar-refractivity contribution in [1.29, 1.82) is 0 Å². The van der Waals surface area contributed by atoms with Crippen molar-refractivity contribution in [3.63, 3.8) is 0 Å². The van der Waals surface area contributed by atoms with Crippen LogP contribution in [0.2, 0.25) is 0 Å². The first kappa shape index (κ1) is 14.4. The number of carboxylic acids is 1. The number of hydrogen-bond donors (Lipinski definition) is 2. The molecule has 108 valence electrons. The van der Waals surface area contributed by atoms with Gasteiger partial charge in [-0.3, -0.25) is 0 Å². The van der Waals surface area contributed by atoms with Gasteiger partial charge in [-0.2, -0.15) is 0 Å². The summed E-state index contributed by atoms with van der Waals surface area (Å²) in [5.74, 6) is -1.02. The SMILES string of the molecule is CCCN(C(=O)Nc1cccc(C)c1C(=O)O)C1CC1. The molecule has 5 heteroatoms. The van der Waals surface area contributed by atoms with Gasteiger partial charge in [-0.15, -0.1) is 0 Å². The molecular weight excluding hydrogens is 256 g/mol. The number of nitrogens with zero attached hydrogens (tertiary/aromatic N) is 1. The number of amides is 2. The quantitative estimate of drug-likeness (QED) is 0.868. The highest BCUT2D eigenvalue weighted by atomic mass is 16.4. The van der Waals surface area contributed by atoms with Crippen LogP contribution in [0.15, 0.2) is 18.2 Å². The second kappa shape index (κ2) is 5.94. The van der Waals surface area contributed by atoms with Crippen LogP contribution in [-0.2, 0) is 0 Å². The van der Waals surface area contributed by atoms with Crippen LogP contribution in [-0.4, -0.2) is 34.6 Å². The van der Waals surface area contributed by atoms with Crippen molar-refractivity contribution in [2.75, 3.05) is 11.9 Å². The van der Waals surface area contributed by atoms with Crippen molar-refractivity contribution in [2.45, 2.75) is 39.2 Å². The molecular formula is C15H20N2O3. The van der Waals surface area contributed by atoms with Gasteiger partial charge >= 0.3 is 12.0 Å². The fourth-order valence-corrected chi connectivity index (χ4v) is 2.32. The molecule has 0 aliphatic heterocycles. The molecule has 20 heavy (non-hydrogen) atoms. The van der Waals surface area contributed by atoms with Gasteiger partial charge in [0.15, 0.2) is 0 Å². The van der Waals surface area contributed by atoms with Crippen LogP contribution < -0.4 is 5.32 Å². The highest BCUT2D eigenvalue weighted by Gasteiger charge is 2.32. The Labute approximate surface area is 118 Å². The lowest BCUT2D eigenvalue weighted by Gasteiger charge is -2.23. The van der Waals surface area contributed by atoms with Gasteiger partial charge in [0, 0.05) is 12.6 Å². The van der Waals surface area contributed by atoms with Crippen molar-refractivity contribution in [2.24, 2.45) is 0 Å². The van der Waals surface area contributed by atoms with Crippen LogP contribution in [0.1, 0.15) is 42.1 Å². The fraction of sp³-hybridized carbons (Fsp3) is 0.467. The van der Waals surface area contributed by atoms with Crippen molar-refractivity contribution >= 4 is 17.7 Å². The molecule has 0 atom stereocenters. The van der Waals surface area contributed by atoms with E-state index in [1.807, 2.05) is 6.92 Å². The number of anilines is 1. The van der Waals surface area contributed by atoms with Crippen LogP contribution in [0, 0.1) is 6.92 Å². The molecule has 0 bridgehead atoms. The molecule has 0 spiro atoms. The number of nitrogens with one attached hydrogen (secondary N) is 1. The second-order valence-electron chi connectivity index (χ2n) is 5.16. The second-order valence-corrected chi connectivity index (χ2v) is 5.16. The van der Waals surface area contributed by atoms with Crippen LogP contribution in [0.3, 0.4) is 0 Å². The zero-order valence-electron chi connectivity index (χ0n) is 11.8. The molecule has 1 aliphatic carbocycles. The van der Waals surface area contributed by atoms with E-state index in [0.717, 1.165) is 19.3 Å². The summed E-state index contributed by atoms with van der Waals surface area (Å²) in [4.78, 5) is 25.4. The summed E-state index contributed by atoms with van der Waals surface area (Å²) in [6.07, 6.45) is 2.96. The summed E-state index contributed by atoms with van der Waals surface area (Å²) in [5.41, 5.74) is 1.17. The summed E-state index contributed by atoms with van der Waals surface area (Å²) in [7, 11) is 0. The van der Waals surface area contributed by atoms with E-state index in [1.165, 1.54) is 0 Å². The largest absolute Gasteiger partial charge is 0.478 e. The molecule has 1 fully saturated rings. The standard InChI is InChI=1S/C15H20N2O3/c1-3-9-17(11-7-8-11)15(20)16-12-6-4-5-10(2)13(12)14(18)19/h4-6,11H,3,7-9H2,1-2H3,(H,16,20)(H,18,19). The number of carbonyl (C=O) groups excluding carboxylic acids is 1. The van der Waals surface area contributed by atoms with Crippen LogP contribution in [0.5, 0.6) is 0 Å². The van der Waals surface area contributed by atoms with Gasteiger partial charge in [0.2, 0.25) is 0 Å². The number of rotatable bonds is 5. The minimum atomic E-state index is -1.02. The molecule has 0 unspecified atom stereocenters. The summed E-state index contributed by atoms with van der Waals surface area (Å²) in [6, 6.07) is 5.21. The van der Waals surface area contributed by atoms with Crippen LogP contribution in [0.4, 0.5) is 10.5 Å². The number of aromatic carboxylic acids is 1. The van der Waals surface area contributed by atoms with Crippen LogP contribution in [0.25, 0.3) is 0 Å². The average molecular weight is 276 g/mol. The summed E-state index contributed by atoms with van der Waals surface area (Å²) < 4.78 is 0. The Bertz CT molecular complexity index is 524. The van der Waals surface area contributed by atoms with E-state index in [2.05, 4.69) is 5.32 Å². The lowest BCUT2D eigenvalue weighted by Crippen LogP contribution is -2.37. The van der Waals surface area contributed by atoms with Crippen molar-refractivity contribution in [1.82, 2.24) is 4.90 Å². The minimum absolute atomic E-state index is 0.160. The topological polar surface area (TPSA) is 69.6 Å². The fourth-order valence-electron chi connectivity index (χ4n) is 2.32. The number of carbonyl (C=O) groups is 2. The van der Waals surface area contributed by atoms with Gasteiger partial charge in [-0.1, -0.05) is 19.1 Å². The Morgan fingerprint density at radius 3 is 2.65 bits per heavy atom. The van der Waals surface area contributed by atoms with Crippen LogP contribution >= 0.6 is 0 Å². The molecule has 2 amide bonds. The van der Waals surface area contributed by atoms with E-state index in [-0.39, 0.29) is 11.6 Å². The van der Waals surface area contributed by atoms with E-state index in [0.29, 0.717) is 23.8 Å². The normalized spacial score (nSPS) is 13.9. The molecule has 2 rings (SSSR count). The minimum Gasteiger partial charge on any atom is -0.478 e. The maximum atomic E-state index is 12.3. The van der Waals surface area contributed by atoms with Crippen molar-refractivity contribution < 1.29 is 14.7 Å². The first-order chi connectivity index (χ1) is 9.54. The number of aryl methyl sites for hydroxylation is 1.